The fraction of sp³-hybridized carbons (Fsp3) is 0.556. The molecule has 0 spiro atoms. The van der Waals surface area contributed by atoms with E-state index in [-0.39, 0.29) is 16.9 Å². The summed E-state index contributed by atoms with van der Waals surface area (Å²) in [7, 11) is 0. The second-order valence-electron chi connectivity index (χ2n) is 5.45. The van der Waals surface area contributed by atoms with Crippen LogP contribution >= 0.6 is 0 Å². The quantitative estimate of drug-likeness (QED) is 0.519. The largest absolute Gasteiger partial charge is 0.508 e. The van der Waals surface area contributed by atoms with E-state index in [1.807, 2.05) is 0 Å². The highest BCUT2D eigenvalue weighted by molar-refractivity contribution is 5.96. The van der Waals surface area contributed by atoms with Gasteiger partial charge in [-0.2, -0.15) is 0 Å². The molecule has 0 amide bonds. The number of carbonyl (C=O) groups is 2. The lowest BCUT2D eigenvalue weighted by atomic mass is 10.1. The van der Waals surface area contributed by atoms with Crippen LogP contribution in [0.5, 0.6) is 5.75 Å². The van der Waals surface area contributed by atoms with E-state index in [4.69, 9.17) is 9.47 Å². The maximum atomic E-state index is 11.9. The molecule has 5 heteroatoms. The summed E-state index contributed by atoms with van der Waals surface area (Å²) < 4.78 is 10.3. The third kappa shape index (κ3) is 7.17. The fourth-order valence-corrected chi connectivity index (χ4v) is 2.05. The van der Waals surface area contributed by atoms with Crippen LogP contribution in [-0.2, 0) is 9.47 Å². The van der Waals surface area contributed by atoms with E-state index < -0.39 is 11.9 Å². The third-order valence-corrected chi connectivity index (χ3v) is 3.35. The second-order valence-corrected chi connectivity index (χ2v) is 5.45. The predicted octanol–water partition coefficient (Wildman–Crippen LogP) is 4.09. The van der Waals surface area contributed by atoms with Crippen LogP contribution in [0.1, 0.15) is 73.1 Å². The lowest BCUT2D eigenvalue weighted by Gasteiger charge is -2.08. The van der Waals surface area contributed by atoms with Crippen LogP contribution in [0.2, 0.25) is 0 Å². The van der Waals surface area contributed by atoms with Gasteiger partial charge in [0.2, 0.25) is 0 Å². The standard InChI is InChI=1S/C18H26O5/c1-3-5-7-9-22-17(20)14-11-15(13-16(19)12-14)18(21)23-10-8-6-4-2/h11-13,19H,3-10H2,1-2H3. The van der Waals surface area contributed by atoms with Gasteiger partial charge in [0.25, 0.3) is 0 Å². The molecule has 128 valence electrons. The van der Waals surface area contributed by atoms with Crippen LogP contribution in [0.25, 0.3) is 0 Å². The summed E-state index contributed by atoms with van der Waals surface area (Å²) in [5, 5.41) is 9.70. The Morgan fingerprint density at radius 3 is 1.65 bits per heavy atom. The Labute approximate surface area is 137 Å². The summed E-state index contributed by atoms with van der Waals surface area (Å²) in [6.45, 7) is 4.79. The molecule has 5 nitrogen and oxygen atoms in total. The SMILES string of the molecule is CCCCCOC(=O)c1cc(O)cc(C(=O)OCCCCC)c1. The van der Waals surface area contributed by atoms with Gasteiger partial charge < -0.3 is 14.6 Å². The van der Waals surface area contributed by atoms with Crippen LogP contribution in [-0.4, -0.2) is 30.3 Å². The minimum atomic E-state index is -0.544. The molecule has 0 unspecified atom stereocenters. The number of carbonyl (C=O) groups excluding carboxylic acids is 2. The first-order valence-electron chi connectivity index (χ1n) is 8.26. The zero-order valence-electron chi connectivity index (χ0n) is 14.0. The number of phenols is 1. The molecule has 0 fully saturated rings. The van der Waals surface area contributed by atoms with E-state index in [0.29, 0.717) is 13.2 Å². The van der Waals surface area contributed by atoms with Crippen molar-refractivity contribution in [3.8, 4) is 5.75 Å². The lowest BCUT2D eigenvalue weighted by molar-refractivity contribution is 0.0495. The maximum absolute atomic E-state index is 11.9. The van der Waals surface area contributed by atoms with Gasteiger partial charge >= 0.3 is 11.9 Å². The number of hydrogen-bond donors (Lipinski definition) is 1. The molecule has 0 atom stereocenters. The van der Waals surface area contributed by atoms with E-state index in [2.05, 4.69) is 13.8 Å². The zero-order chi connectivity index (χ0) is 17.1. The zero-order valence-corrected chi connectivity index (χ0v) is 14.0. The molecule has 0 heterocycles. The number of hydrogen-bond acceptors (Lipinski definition) is 5. The normalized spacial score (nSPS) is 10.3. The molecule has 0 saturated carbocycles. The smallest absolute Gasteiger partial charge is 0.338 e. The Hall–Kier alpha value is -2.04. The molecule has 0 aliphatic rings. The highest BCUT2D eigenvalue weighted by Crippen LogP contribution is 2.18. The van der Waals surface area contributed by atoms with Crippen molar-refractivity contribution in [1.29, 1.82) is 0 Å². The average Bonchev–Trinajstić information content (AvgIpc) is 2.54. The van der Waals surface area contributed by atoms with Crippen LogP contribution in [0, 0.1) is 0 Å². The molecule has 0 radical (unpaired) electrons. The van der Waals surface area contributed by atoms with Crippen molar-refractivity contribution in [2.45, 2.75) is 52.4 Å². The van der Waals surface area contributed by atoms with Crippen molar-refractivity contribution in [3.05, 3.63) is 29.3 Å². The van der Waals surface area contributed by atoms with Crippen molar-refractivity contribution in [1.82, 2.24) is 0 Å². The number of phenolic OH excluding ortho intramolecular Hbond substituents is 1. The highest BCUT2D eigenvalue weighted by atomic mass is 16.5. The van der Waals surface area contributed by atoms with E-state index >= 15 is 0 Å². The molecular weight excluding hydrogens is 296 g/mol. The number of ether oxygens (including phenoxy) is 2. The van der Waals surface area contributed by atoms with Crippen molar-refractivity contribution in [2.24, 2.45) is 0 Å². The van der Waals surface area contributed by atoms with Crippen LogP contribution in [0.4, 0.5) is 0 Å². The third-order valence-electron chi connectivity index (χ3n) is 3.35. The fourth-order valence-electron chi connectivity index (χ4n) is 2.05. The van der Waals surface area contributed by atoms with E-state index in [1.54, 1.807) is 0 Å². The van der Waals surface area contributed by atoms with Crippen molar-refractivity contribution in [3.63, 3.8) is 0 Å². The van der Waals surface area contributed by atoms with Gasteiger partial charge in [-0.1, -0.05) is 39.5 Å². The summed E-state index contributed by atoms with van der Waals surface area (Å²) in [4.78, 5) is 23.9. The van der Waals surface area contributed by atoms with Gasteiger partial charge in [-0.15, -0.1) is 0 Å². The van der Waals surface area contributed by atoms with Gasteiger partial charge in [0.05, 0.1) is 24.3 Å². The summed E-state index contributed by atoms with van der Waals surface area (Å²) >= 11 is 0. The summed E-state index contributed by atoms with van der Waals surface area (Å²) in [5.74, 6) is -1.25. The van der Waals surface area contributed by atoms with Gasteiger partial charge in [-0.25, -0.2) is 9.59 Å². The topological polar surface area (TPSA) is 72.8 Å². The first-order chi connectivity index (χ1) is 11.1. The molecule has 1 rings (SSSR count). The number of esters is 2. The van der Waals surface area contributed by atoms with Gasteiger partial charge in [0, 0.05) is 0 Å². The second kappa shape index (κ2) is 10.6. The minimum Gasteiger partial charge on any atom is -0.508 e. The Bertz CT molecular complexity index is 468. The predicted molar refractivity (Wildman–Crippen MR) is 87.7 cm³/mol. The lowest BCUT2D eigenvalue weighted by Crippen LogP contribution is -2.10. The molecule has 1 aromatic carbocycles. The molecule has 0 bridgehead atoms. The van der Waals surface area contributed by atoms with Crippen molar-refractivity contribution >= 4 is 11.9 Å². The number of aromatic hydroxyl groups is 1. The minimum absolute atomic E-state index is 0.155. The van der Waals surface area contributed by atoms with Crippen molar-refractivity contribution < 1.29 is 24.2 Å². The van der Waals surface area contributed by atoms with Crippen LogP contribution in [0.3, 0.4) is 0 Å². The van der Waals surface area contributed by atoms with E-state index in [9.17, 15) is 14.7 Å². The summed E-state index contributed by atoms with van der Waals surface area (Å²) in [6.07, 6.45) is 5.65. The molecule has 0 aliphatic heterocycles. The van der Waals surface area contributed by atoms with Gasteiger partial charge in [-0.05, 0) is 31.0 Å². The van der Waals surface area contributed by atoms with Crippen LogP contribution in [0.15, 0.2) is 18.2 Å². The molecular formula is C18H26O5. The maximum Gasteiger partial charge on any atom is 0.338 e. The van der Waals surface area contributed by atoms with Gasteiger partial charge in [-0.3, -0.25) is 0 Å². The molecule has 1 N–H and O–H groups in total. The van der Waals surface area contributed by atoms with E-state index in [1.165, 1.54) is 18.2 Å². The molecule has 0 aliphatic carbocycles. The molecule has 0 saturated heterocycles. The Morgan fingerprint density at radius 1 is 0.826 bits per heavy atom. The molecule has 23 heavy (non-hydrogen) atoms. The van der Waals surface area contributed by atoms with Crippen molar-refractivity contribution in [2.75, 3.05) is 13.2 Å². The highest BCUT2D eigenvalue weighted by Gasteiger charge is 2.15. The summed E-state index contributed by atoms with van der Waals surface area (Å²) in [6, 6.07) is 3.97. The molecule has 0 aromatic heterocycles. The van der Waals surface area contributed by atoms with Gasteiger partial charge in [0.15, 0.2) is 0 Å². The first-order valence-corrected chi connectivity index (χ1v) is 8.26. The Morgan fingerprint density at radius 2 is 1.26 bits per heavy atom. The van der Waals surface area contributed by atoms with Gasteiger partial charge in [0.1, 0.15) is 5.75 Å². The number of unbranched alkanes of at least 4 members (excludes halogenated alkanes) is 4. The molecule has 1 aromatic rings. The summed E-state index contributed by atoms with van der Waals surface area (Å²) in [5.41, 5.74) is 0.309. The van der Waals surface area contributed by atoms with Crippen LogP contribution < -0.4 is 0 Å². The number of rotatable bonds is 10. The average molecular weight is 322 g/mol. The Balaban J connectivity index is 2.63. The first kappa shape index (κ1) is 19.0. The van der Waals surface area contributed by atoms with E-state index in [0.717, 1.165) is 38.5 Å². The monoisotopic (exact) mass is 322 g/mol. The number of benzene rings is 1. The Kier molecular flexibility index (Phi) is 8.80.